The molecule has 0 aromatic carbocycles. The van der Waals surface area contributed by atoms with E-state index in [4.69, 9.17) is 5.73 Å². The molecule has 22 heavy (non-hydrogen) atoms. The highest BCUT2D eigenvalue weighted by Gasteiger charge is 2.27. The third-order valence-corrected chi connectivity index (χ3v) is 4.08. The molecule has 2 rings (SSSR count). The van der Waals surface area contributed by atoms with E-state index in [9.17, 15) is 0 Å². The van der Waals surface area contributed by atoms with Gasteiger partial charge in [-0.05, 0) is 20.3 Å². The number of nitrogen functional groups attached to an aromatic ring is 1. The van der Waals surface area contributed by atoms with E-state index in [2.05, 4.69) is 59.3 Å². The highest BCUT2D eigenvalue weighted by atomic mass is 32.1. The smallest absolute Gasteiger partial charge is 0.249 e. The van der Waals surface area contributed by atoms with Gasteiger partial charge in [0.1, 0.15) is 11.6 Å². The first-order valence-corrected chi connectivity index (χ1v) is 8.11. The van der Waals surface area contributed by atoms with Gasteiger partial charge in [0, 0.05) is 16.9 Å². The normalized spacial score (nSPS) is 13.9. The van der Waals surface area contributed by atoms with Crippen LogP contribution in [-0.2, 0) is 5.41 Å². The van der Waals surface area contributed by atoms with Crippen LogP contribution in [0.5, 0.6) is 0 Å². The lowest BCUT2D eigenvalue weighted by atomic mass is 9.91. The molecule has 7 nitrogen and oxygen atoms in total. The molecule has 0 saturated heterocycles. The molecular weight excluding hydrogens is 298 g/mol. The molecule has 2 heterocycles. The summed E-state index contributed by atoms with van der Waals surface area (Å²) in [6, 6.07) is 0.217. The van der Waals surface area contributed by atoms with Crippen LogP contribution in [0.25, 0.3) is 0 Å². The molecule has 0 spiro atoms. The Hall–Kier alpha value is -1.83. The molecule has 0 aliphatic heterocycles. The second-order valence-corrected chi connectivity index (χ2v) is 7.09. The van der Waals surface area contributed by atoms with Crippen LogP contribution in [0.1, 0.15) is 58.6 Å². The summed E-state index contributed by atoms with van der Waals surface area (Å²) in [5, 5.41) is 13.7. The lowest BCUT2D eigenvalue weighted by molar-refractivity contribution is 0.463. The van der Waals surface area contributed by atoms with Gasteiger partial charge in [0.2, 0.25) is 5.13 Å². The van der Waals surface area contributed by atoms with E-state index < -0.39 is 0 Å². The van der Waals surface area contributed by atoms with E-state index in [-0.39, 0.29) is 11.5 Å². The SMILES string of the molecule is CCC(C)n1nc(C(C)(C)C)c(/N=N\c2nc(C)ns2)c1N. The van der Waals surface area contributed by atoms with Gasteiger partial charge in [-0.2, -0.15) is 9.47 Å². The fourth-order valence-corrected chi connectivity index (χ4v) is 2.48. The zero-order valence-electron chi connectivity index (χ0n) is 14.0. The average Bonchev–Trinajstić information content (AvgIpc) is 2.99. The van der Waals surface area contributed by atoms with Crippen LogP contribution in [0.4, 0.5) is 16.6 Å². The van der Waals surface area contributed by atoms with Gasteiger partial charge in [-0.15, -0.1) is 10.2 Å². The van der Waals surface area contributed by atoms with Gasteiger partial charge in [-0.1, -0.05) is 27.7 Å². The summed E-state index contributed by atoms with van der Waals surface area (Å²) in [5.41, 5.74) is 7.56. The van der Waals surface area contributed by atoms with Crippen molar-refractivity contribution in [1.29, 1.82) is 0 Å². The molecule has 2 aromatic heterocycles. The van der Waals surface area contributed by atoms with E-state index in [1.165, 1.54) is 11.5 Å². The monoisotopic (exact) mass is 321 g/mol. The van der Waals surface area contributed by atoms with Crippen LogP contribution in [0, 0.1) is 6.92 Å². The number of azo groups is 1. The van der Waals surface area contributed by atoms with Crippen molar-refractivity contribution in [2.45, 2.75) is 59.4 Å². The summed E-state index contributed by atoms with van der Waals surface area (Å²) in [4.78, 5) is 4.18. The van der Waals surface area contributed by atoms with Crippen LogP contribution in [0.3, 0.4) is 0 Å². The number of rotatable bonds is 4. The molecule has 8 heteroatoms. The first-order chi connectivity index (χ1) is 10.2. The number of hydrogen-bond acceptors (Lipinski definition) is 7. The maximum Gasteiger partial charge on any atom is 0.249 e. The Kier molecular flexibility index (Phi) is 4.60. The molecule has 0 bridgehead atoms. The Labute approximate surface area is 134 Å². The minimum atomic E-state index is -0.168. The fraction of sp³-hybridized carbons (Fsp3) is 0.643. The first kappa shape index (κ1) is 16.5. The summed E-state index contributed by atoms with van der Waals surface area (Å²) in [6.07, 6.45) is 0.946. The quantitative estimate of drug-likeness (QED) is 0.849. The van der Waals surface area contributed by atoms with Crippen LogP contribution in [0.2, 0.25) is 0 Å². The van der Waals surface area contributed by atoms with Crippen molar-refractivity contribution in [2.24, 2.45) is 10.2 Å². The van der Waals surface area contributed by atoms with Crippen molar-refractivity contribution >= 4 is 28.2 Å². The zero-order chi connectivity index (χ0) is 16.5. The van der Waals surface area contributed by atoms with E-state index in [0.717, 1.165) is 12.1 Å². The van der Waals surface area contributed by atoms with Gasteiger partial charge >= 0.3 is 0 Å². The van der Waals surface area contributed by atoms with E-state index >= 15 is 0 Å². The molecule has 2 aromatic rings. The van der Waals surface area contributed by atoms with E-state index in [0.29, 0.717) is 22.5 Å². The van der Waals surface area contributed by atoms with Crippen molar-refractivity contribution in [1.82, 2.24) is 19.1 Å². The van der Waals surface area contributed by atoms with Gasteiger partial charge in [0.25, 0.3) is 0 Å². The lowest BCUT2D eigenvalue weighted by Gasteiger charge is -2.15. The molecule has 0 radical (unpaired) electrons. The molecule has 0 saturated carbocycles. The number of anilines is 1. The Bertz CT molecular complexity index is 678. The Balaban J connectivity index is 2.48. The van der Waals surface area contributed by atoms with Crippen molar-refractivity contribution in [3.63, 3.8) is 0 Å². The van der Waals surface area contributed by atoms with Crippen molar-refractivity contribution < 1.29 is 0 Å². The van der Waals surface area contributed by atoms with Crippen molar-refractivity contribution in [3.05, 3.63) is 11.5 Å². The number of aryl methyl sites for hydroxylation is 1. The largest absolute Gasteiger partial charge is 0.382 e. The summed E-state index contributed by atoms with van der Waals surface area (Å²) in [7, 11) is 0. The predicted octanol–water partition coefficient (Wildman–Crippen LogP) is 4.31. The van der Waals surface area contributed by atoms with Gasteiger partial charge in [0.15, 0.2) is 5.69 Å². The molecular formula is C14H23N7S. The van der Waals surface area contributed by atoms with Crippen LogP contribution >= 0.6 is 11.5 Å². The van der Waals surface area contributed by atoms with Crippen molar-refractivity contribution in [3.8, 4) is 0 Å². The van der Waals surface area contributed by atoms with Crippen LogP contribution in [-0.4, -0.2) is 19.1 Å². The summed E-state index contributed by atoms with van der Waals surface area (Å²) in [6.45, 7) is 12.3. The van der Waals surface area contributed by atoms with Gasteiger partial charge in [-0.25, -0.2) is 9.67 Å². The van der Waals surface area contributed by atoms with Gasteiger partial charge < -0.3 is 5.73 Å². The van der Waals surface area contributed by atoms with E-state index in [1.807, 2.05) is 11.6 Å². The molecule has 120 valence electrons. The number of aromatic nitrogens is 4. The Morgan fingerprint density at radius 3 is 2.50 bits per heavy atom. The highest BCUT2D eigenvalue weighted by molar-refractivity contribution is 7.09. The average molecular weight is 321 g/mol. The summed E-state index contributed by atoms with van der Waals surface area (Å²) >= 11 is 1.22. The minimum Gasteiger partial charge on any atom is -0.382 e. The molecule has 0 aliphatic carbocycles. The Morgan fingerprint density at radius 1 is 1.32 bits per heavy atom. The topological polar surface area (TPSA) is 94.3 Å². The predicted molar refractivity (Wildman–Crippen MR) is 89.2 cm³/mol. The van der Waals surface area contributed by atoms with Crippen LogP contribution < -0.4 is 5.73 Å². The fourth-order valence-electron chi connectivity index (χ4n) is 1.97. The highest BCUT2D eigenvalue weighted by Crippen LogP contribution is 2.38. The van der Waals surface area contributed by atoms with Gasteiger partial charge in [0.05, 0.1) is 11.7 Å². The Morgan fingerprint density at radius 2 is 2.00 bits per heavy atom. The van der Waals surface area contributed by atoms with Crippen LogP contribution in [0.15, 0.2) is 10.2 Å². The minimum absolute atomic E-state index is 0.168. The summed E-state index contributed by atoms with van der Waals surface area (Å²) < 4.78 is 5.93. The molecule has 0 aliphatic rings. The lowest BCUT2D eigenvalue weighted by Crippen LogP contribution is -2.14. The van der Waals surface area contributed by atoms with Crippen molar-refractivity contribution in [2.75, 3.05) is 5.73 Å². The first-order valence-electron chi connectivity index (χ1n) is 7.34. The van der Waals surface area contributed by atoms with E-state index in [1.54, 1.807) is 0 Å². The number of hydrogen-bond donors (Lipinski definition) is 1. The number of nitrogens with two attached hydrogens (primary N) is 1. The number of nitrogens with zero attached hydrogens (tertiary/aromatic N) is 6. The standard InChI is InChI=1S/C14H23N7S/c1-7-8(2)21-12(15)10(11(19-21)14(4,5)6)17-18-13-16-9(3)20-22-13/h8H,7,15H2,1-6H3/b18-17-. The maximum absolute atomic E-state index is 6.26. The summed E-state index contributed by atoms with van der Waals surface area (Å²) in [5.74, 6) is 1.24. The molecule has 0 amide bonds. The molecule has 1 atom stereocenters. The molecule has 2 N–H and O–H groups in total. The molecule has 0 fully saturated rings. The zero-order valence-corrected chi connectivity index (χ0v) is 14.8. The second kappa shape index (κ2) is 6.12. The maximum atomic E-state index is 6.26. The third-order valence-electron chi connectivity index (χ3n) is 3.39. The third kappa shape index (κ3) is 3.32. The second-order valence-electron chi connectivity index (χ2n) is 6.36. The molecule has 1 unspecified atom stereocenters. The van der Waals surface area contributed by atoms with Gasteiger partial charge in [-0.3, -0.25) is 0 Å².